The Labute approximate surface area is 308 Å². The fraction of sp³-hybridized carbons (Fsp3) is 0.400. The number of aryl methyl sites for hydroxylation is 1. The van der Waals surface area contributed by atoms with Gasteiger partial charge >= 0.3 is 6.18 Å². The largest absolute Gasteiger partial charge is 0.504 e. The number of aromatic hydroxyl groups is 1. The number of benzene rings is 1. The van der Waals surface area contributed by atoms with Crippen molar-refractivity contribution < 1.29 is 36.6 Å². The predicted molar refractivity (Wildman–Crippen MR) is 186 cm³/mol. The van der Waals surface area contributed by atoms with Crippen LogP contribution in [0.4, 0.5) is 33.3 Å². The number of rotatable bonds is 7. The van der Waals surface area contributed by atoms with Crippen LogP contribution < -0.4 is 15.8 Å². The Hall–Kier alpha value is -5.39. The van der Waals surface area contributed by atoms with E-state index in [-0.39, 0.29) is 102 Å². The first-order chi connectivity index (χ1) is 25.7. The first-order valence-electron chi connectivity index (χ1n) is 17.2. The summed E-state index contributed by atoms with van der Waals surface area (Å²) in [5, 5.41) is 17.2. The number of carbonyl (C=O) groups is 2. The highest BCUT2D eigenvalue weighted by Gasteiger charge is 2.47. The average molecular weight is 774 g/mol. The molecule has 13 nitrogen and oxygen atoms in total. The Morgan fingerprint density at radius 1 is 1.09 bits per heavy atom. The number of carbonyl (C=O) groups excluding carboxylic acids is 2. The van der Waals surface area contributed by atoms with E-state index in [4.69, 9.17) is 11.6 Å². The molecule has 3 aliphatic rings. The lowest BCUT2D eigenvalue weighted by atomic mass is 9.81. The standard InChI is InChI=1S/C35H33ClF5N9O4/c1-3-23-28(47-12-13-48(25-11-10-24(25)47)32(53)27-29(52)17(2)42-16-43-27)33(54)50-34(45-31(46-50)19-6-4-18(5-7-19)30(37)38)49(23)15-26(51)44-22-9-8-20(14-21(22)36)35(39,40)41/h6,8-9,14,16,24-25,52H,3-5,7,10-13,15H2,1-2H3,(H,44,51). The summed E-state index contributed by atoms with van der Waals surface area (Å²) in [6, 6.07) is 1.88. The summed E-state index contributed by atoms with van der Waals surface area (Å²) >= 11 is 6.13. The van der Waals surface area contributed by atoms with Gasteiger partial charge in [0.15, 0.2) is 17.3 Å². The molecule has 284 valence electrons. The average Bonchev–Trinajstić information content (AvgIpc) is 3.57. The topological polar surface area (TPSA) is 151 Å². The fourth-order valence-corrected chi connectivity index (χ4v) is 7.53. The number of halogens is 6. The van der Waals surface area contributed by atoms with Crippen LogP contribution in [-0.2, 0) is 23.9 Å². The lowest BCUT2D eigenvalue weighted by Crippen LogP contribution is -2.67. The van der Waals surface area contributed by atoms with Crippen molar-refractivity contribution in [3.63, 3.8) is 0 Å². The van der Waals surface area contributed by atoms with E-state index in [1.165, 1.54) is 10.9 Å². The van der Waals surface area contributed by atoms with Crippen LogP contribution in [0.3, 0.4) is 0 Å². The normalized spacial score (nSPS) is 18.7. The summed E-state index contributed by atoms with van der Waals surface area (Å²) < 4.78 is 68.9. The van der Waals surface area contributed by atoms with E-state index in [9.17, 15) is 41.4 Å². The Balaban J connectivity index is 1.28. The number of hydrogen-bond donors (Lipinski definition) is 2. The van der Waals surface area contributed by atoms with E-state index >= 15 is 0 Å². The highest BCUT2D eigenvalue weighted by Crippen LogP contribution is 2.39. The zero-order chi connectivity index (χ0) is 38.6. The molecule has 2 aliphatic carbocycles. The van der Waals surface area contributed by atoms with Crippen molar-refractivity contribution >= 4 is 46.1 Å². The van der Waals surface area contributed by atoms with Crippen molar-refractivity contribution in [3.05, 3.63) is 86.1 Å². The zero-order valence-electron chi connectivity index (χ0n) is 28.9. The van der Waals surface area contributed by atoms with Gasteiger partial charge in [-0.25, -0.2) is 9.97 Å². The van der Waals surface area contributed by atoms with Crippen molar-refractivity contribution in [2.75, 3.05) is 23.3 Å². The second-order valence-electron chi connectivity index (χ2n) is 13.3. The minimum absolute atomic E-state index is 0.00300. The van der Waals surface area contributed by atoms with Gasteiger partial charge < -0.3 is 24.8 Å². The summed E-state index contributed by atoms with van der Waals surface area (Å²) in [5.41, 5.74) is -0.276. The highest BCUT2D eigenvalue weighted by atomic mass is 35.5. The third kappa shape index (κ3) is 6.56. The summed E-state index contributed by atoms with van der Waals surface area (Å²) in [4.78, 5) is 57.8. The molecule has 1 saturated heterocycles. The molecule has 0 radical (unpaired) electrons. The van der Waals surface area contributed by atoms with Gasteiger partial charge in [-0.05, 0) is 74.8 Å². The maximum absolute atomic E-state index is 14.5. The molecule has 2 unspecified atom stereocenters. The third-order valence-corrected chi connectivity index (χ3v) is 10.5. The number of amides is 2. The van der Waals surface area contributed by atoms with Crippen molar-refractivity contribution in [3.8, 4) is 5.75 Å². The predicted octanol–water partition coefficient (Wildman–Crippen LogP) is 5.78. The van der Waals surface area contributed by atoms with Gasteiger partial charge in [-0.2, -0.15) is 31.5 Å². The molecule has 19 heteroatoms. The van der Waals surface area contributed by atoms with Crippen LogP contribution >= 0.6 is 11.6 Å². The molecule has 0 spiro atoms. The molecule has 54 heavy (non-hydrogen) atoms. The number of alkyl halides is 3. The van der Waals surface area contributed by atoms with Gasteiger partial charge in [-0.15, -0.1) is 5.10 Å². The third-order valence-electron chi connectivity index (χ3n) is 10.2. The molecule has 2 N–H and O–H groups in total. The monoisotopic (exact) mass is 773 g/mol. The smallest absolute Gasteiger partial charge is 0.416 e. The molecule has 0 bridgehead atoms. The number of allylic oxidation sites excluding steroid dienone is 3. The molecule has 1 aliphatic heterocycles. The number of piperazine rings is 1. The molecule has 3 aromatic heterocycles. The van der Waals surface area contributed by atoms with E-state index < -0.39 is 41.7 Å². The van der Waals surface area contributed by atoms with Crippen LogP contribution in [-0.4, -0.2) is 76.1 Å². The van der Waals surface area contributed by atoms with E-state index in [1.54, 1.807) is 24.8 Å². The first kappa shape index (κ1) is 36.9. The summed E-state index contributed by atoms with van der Waals surface area (Å²) in [6.45, 7) is 3.27. The van der Waals surface area contributed by atoms with Gasteiger partial charge in [0.05, 0.1) is 33.7 Å². The van der Waals surface area contributed by atoms with Crippen LogP contribution in [0.5, 0.6) is 5.75 Å². The molecule has 2 fully saturated rings. The SMILES string of the molecule is CCc1c(N2CCN(C(=O)c3ncnc(C)c3O)C3CCC32)c(=O)n2nc(C3=CCC(=C(F)F)CC3)nc2n1CC(=O)Nc1ccc(C(F)(F)F)cc1Cl. The lowest BCUT2D eigenvalue weighted by Gasteiger charge is -2.54. The van der Waals surface area contributed by atoms with Crippen molar-refractivity contribution in [1.82, 2.24) is 34.0 Å². The first-order valence-corrected chi connectivity index (χ1v) is 17.5. The van der Waals surface area contributed by atoms with Gasteiger partial charge in [0.2, 0.25) is 11.7 Å². The van der Waals surface area contributed by atoms with Crippen LogP contribution in [0.15, 0.2) is 47.1 Å². The molecular weight excluding hydrogens is 741 g/mol. The van der Waals surface area contributed by atoms with E-state index in [1.807, 2.05) is 4.90 Å². The number of fused-ring (bicyclic) bond motifs is 2. The van der Waals surface area contributed by atoms with Crippen LogP contribution in [0, 0.1) is 6.92 Å². The Morgan fingerprint density at radius 2 is 1.85 bits per heavy atom. The summed E-state index contributed by atoms with van der Waals surface area (Å²) in [6.07, 6.45) is -1.89. The number of aromatic nitrogens is 6. The summed E-state index contributed by atoms with van der Waals surface area (Å²) in [7, 11) is 0. The molecule has 2 amide bonds. The van der Waals surface area contributed by atoms with E-state index in [0.29, 0.717) is 30.2 Å². The number of nitrogens with one attached hydrogen (secondary N) is 1. The fourth-order valence-electron chi connectivity index (χ4n) is 7.30. The number of anilines is 2. The Morgan fingerprint density at radius 3 is 2.48 bits per heavy atom. The summed E-state index contributed by atoms with van der Waals surface area (Å²) in [5.74, 6) is -1.34. The lowest BCUT2D eigenvalue weighted by molar-refractivity contribution is -0.137. The van der Waals surface area contributed by atoms with Gasteiger partial charge in [0, 0.05) is 19.1 Å². The zero-order valence-corrected chi connectivity index (χ0v) is 29.7. The van der Waals surface area contributed by atoms with Gasteiger partial charge in [0.25, 0.3) is 17.5 Å². The maximum atomic E-state index is 14.5. The van der Waals surface area contributed by atoms with Crippen molar-refractivity contribution in [2.24, 2.45) is 0 Å². The minimum Gasteiger partial charge on any atom is -0.504 e. The maximum Gasteiger partial charge on any atom is 0.416 e. The highest BCUT2D eigenvalue weighted by molar-refractivity contribution is 6.33. The van der Waals surface area contributed by atoms with Crippen molar-refractivity contribution in [1.29, 1.82) is 0 Å². The molecule has 1 saturated carbocycles. The van der Waals surface area contributed by atoms with Gasteiger partial charge in [0.1, 0.15) is 18.6 Å². The Bertz CT molecular complexity index is 2320. The minimum atomic E-state index is -4.65. The van der Waals surface area contributed by atoms with Gasteiger partial charge in [-0.1, -0.05) is 24.6 Å². The molecule has 2 atom stereocenters. The van der Waals surface area contributed by atoms with E-state index in [2.05, 4.69) is 25.4 Å². The van der Waals surface area contributed by atoms with Crippen molar-refractivity contribution in [2.45, 2.75) is 77.2 Å². The van der Waals surface area contributed by atoms with Gasteiger partial charge in [-0.3, -0.25) is 14.4 Å². The molecule has 7 rings (SSSR count). The number of hydrogen-bond acceptors (Lipinski definition) is 9. The molecule has 4 aromatic rings. The van der Waals surface area contributed by atoms with Crippen LogP contribution in [0.25, 0.3) is 11.4 Å². The molecule has 4 heterocycles. The van der Waals surface area contributed by atoms with Crippen LogP contribution in [0.2, 0.25) is 5.02 Å². The second kappa shape index (κ2) is 14.1. The Kier molecular flexibility index (Phi) is 9.66. The molecule has 1 aromatic carbocycles. The second-order valence-corrected chi connectivity index (χ2v) is 13.7. The number of nitrogens with zero attached hydrogens (tertiary/aromatic N) is 8. The van der Waals surface area contributed by atoms with Crippen LogP contribution in [0.1, 0.15) is 72.3 Å². The van der Waals surface area contributed by atoms with E-state index in [0.717, 1.165) is 16.6 Å². The molecular formula is C35H33ClF5N9O4. The quantitative estimate of drug-likeness (QED) is 0.223.